The molecule has 7 heteroatoms. The van der Waals surface area contributed by atoms with E-state index in [9.17, 15) is 4.79 Å². The SMILES string of the molecule is Cc1ccc2nc(-c3ccc(NC(=S)NC(=O)c4ccc(Br)cc4)cc3)sc2c1. The number of fused-ring (bicyclic) bond motifs is 1. The molecule has 4 nitrogen and oxygen atoms in total. The average Bonchev–Trinajstić information content (AvgIpc) is 3.12. The molecule has 0 spiro atoms. The maximum atomic E-state index is 12.2. The zero-order valence-electron chi connectivity index (χ0n) is 15.4. The van der Waals surface area contributed by atoms with Crippen LogP contribution in [0, 0.1) is 6.92 Å². The smallest absolute Gasteiger partial charge is 0.257 e. The first-order chi connectivity index (χ1) is 14.0. The molecule has 1 aromatic heterocycles. The van der Waals surface area contributed by atoms with Gasteiger partial charge in [-0.1, -0.05) is 22.0 Å². The molecule has 0 unspecified atom stereocenters. The van der Waals surface area contributed by atoms with E-state index >= 15 is 0 Å². The minimum absolute atomic E-state index is 0.251. The molecule has 1 heterocycles. The Bertz CT molecular complexity index is 1200. The number of carbonyl (C=O) groups is 1. The highest BCUT2D eigenvalue weighted by atomic mass is 79.9. The third-order valence-corrected chi connectivity index (χ3v) is 6.07. The van der Waals surface area contributed by atoms with Crippen LogP contribution in [0.1, 0.15) is 15.9 Å². The van der Waals surface area contributed by atoms with Gasteiger partial charge < -0.3 is 5.32 Å². The van der Waals surface area contributed by atoms with Gasteiger partial charge >= 0.3 is 0 Å². The minimum atomic E-state index is -0.253. The number of anilines is 1. The molecule has 0 aliphatic carbocycles. The Hall–Kier alpha value is -2.61. The number of nitrogens with one attached hydrogen (secondary N) is 2. The van der Waals surface area contributed by atoms with Gasteiger partial charge in [-0.3, -0.25) is 10.1 Å². The van der Waals surface area contributed by atoms with Crippen molar-refractivity contribution in [1.82, 2.24) is 10.3 Å². The van der Waals surface area contributed by atoms with E-state index in [4.69, 9.17) is 17.2 Å². The van der Waals surface area contributed by atoms with E-state index in [0.29, 0.717) is 5.56 Å². The van der Waals surface area contributed by atoms with Crippen LogP contribution in [-0.4, -0.2) is 16.0 Å². The van der Waals surface area contributed by atoms with Crippen molar-refractivity contribution in [2.45, 2.75) is 6.92 Å². The van der Waals surface area contributed by atoms with Gasteiger partial charge in [0.05, 0.1) is 10.2 Å². The van der Waals surface area contributed by atoms with Crippen molar-refractivity contribution >= 4 is 66.4 Å². The number of thiazole rings is 1. The predicted octanol–water partition coefficient (Wildman–Crippen LogP) is 6.16. The van der Waals surface area contributed by atoms with Crippen molar-refractivity contribution in [3.8, 4) is 10.6 Å². The molecule has 0 radical (unpaired) electrons. The monoisotopic (exact) mass is 481 g/mol. The van der Waals surface area contributed by atoms with Crippen molar-refractivity contribution in [2.24, 2.45) is 0 Å². The molecule has 0 saturated carbocycles. The lowest BCUT2D eigenvalue weighted by Gasteiger charge is -2.10. The Balaban J connectivity index is 1.42. The molecule has 1 amide bonds. The number of hydrogen-bond acceptors (Lipinski definition) is 4. The van der Waals surface area contributed by atoms with Gasteiger partial charge in [0.2, 0.25) is 0 Å². The molecule has 0 aliphatic heterocycles. The van der Waals surface area contributed by atoms with Crippen molar-refractivity contribution in [2.75, 3.05) is 5.32 Å². The van der Waals surface area contributed by atoms with Crippen LogP contribution in [-0.2, 0) is 0 Å². The highest BCUT2D eigenvalue weighted by molar-refractivity contribution is 9.10. The molecular formula is C22H16BrN3OS2. The Morgan fingerprint density at radius 3 is 2.48 bits per heavy atom. The molecule has 0 fully saturated rings. The second kappa shape index (κ2) is 8.41. The molecule has 144 valence electrons. The van der Waals surface area contributed by atoms with Gasteiger partial charge in [0.15, 0.2) is 5.11 Å². The predicted molar refractivity (Wildman–Crippen MR) is 128 cm³/mol. The first-order valence-electron chi connectivity index (χ1n) is 8.83. The Kier molecular flexibility index (Phi) is 5.71. The maximum Gasteiger partial charge on any atom is 0.257 e. The van der Waals surface area contributed by atoms with Gasteiger partial charge in [-0.15, -0.1) is 11.3 Å². The highest BCUT2D eigenvalue weighted by Gasteiger charge is 2.09. The van der Waals surface area contributed by atoms with Crippen LogP contribution < -0.4 is 10.6 Å². The summed E-state index contributed by atoms with van der Waals surface area (Å²) in [6.45, 7) is 2.08. The molecule has 0 bridgehead atoms. The number of benzene rings is 3. The van der Waals surface area contributed by atoms with Crippen molar-refractivity contribution in [3.63, 3.8) is 0 Å². The molecule has 2 N–H and O–H groups in total. The van der Waals surface area contributed by atoms with E-state index in [0.717, 1.165) is 26.2 Å². The number of aryl methyl sites for hydroxylation is 1. The second-order valence-corrected chi connectivity index (χ2v) is 8.84. The lowest BCUT2D eigenvalue weighted by Crippen LogP contribution is -2.34. The molecule has 29 heavy (non-hydrogen) atoms. The summed E-state index contributed by atoms with van der Waals surface area (Å²) >= 11 is 10.3. The molecular weight excluding hydrogens is 466 g/mol. The summed E-state index contributed by atoms with van der Waals surface area (Å²) in [7, 11) is 0. The van der Waals surface area contributed by atoms with Crippen LogP contribution in [0.5, 0.6) is 0 Å². The first-order valence-corrected chi connectivity index (χ1v) is 10.9. The molecule has 0 atom stereocenters. The molecule has 0 aliphatic rings. The number of halogens is 1. The van der Waals surface area contributed by atoms with Gasteiger partial charge in [0.1, 0.15) is 5.01 Å². The third-order valence-electron chi connectivity index (χ3n) is 4.27. The van der Waals surface area contributed by atoms with Gasteiger partial charge in [0.25, 0.3) is 5.91 Å². The number of thiocarbonyl (C=S) groups is 1. The third kappa shape index (κ3) is 4.70. The molecule has 3 aromatic carbocycles. The first kappa shape index (κ1) is 19.7. The van der Waals surface area contributed by atoms with Crippen LogP contribution in [0.4, 0.5) is 5.69 Å². The van der Waals surface area contributed by atoms with E-state index in [1.165, 1.54) is 10.3 Å². The summed E-state index contributed by atoms with van der Waals surface area (Å²) in [5.74, 6) is -0.253. The summed E-state index contributed by atoms with van der Waals surface area (Å²) in [6.07, 6.45) is 0. The summed E-state index contributed by atoms with van der Waals surface area (Å²) in [4.78, 5) is 16.9. The van der Waals surface area contributed by atoms with Crippen molar-refractivity contribution < 1.29 is 4.79 Å². The van der Waals surface area contributed by atoms with Gasteiger partial charge in [0, 0.05) is 21.3 Å². The summed E-state index contributed by atoms with van der Waals surface area (Å²) < 4.78 is 2.09. The van der Waals surface area contributed by atoms with E-state index in [1.54, 1.807) is 23.5 Å². The second-order valence-electron chi connectivity index (χ2n) is 6.48. The lowest BCUT2D eigenvalue weighted by atomic mass is 10.2. The Morgan fingerprint density at radius 2 is 1.76 bits per heavy atom. The fraction of sp³-hybridized carbons (Fsp3) is 0.0455. The van der Waals surface area contributed by atoms with Gasteiger partial charge in [-0.25, -0.2) is 4.98 Å². The quantitative estimate of drug-likeness (QED) is 0.344. The van der Waals surface area contributed by atoms with E-state index in [-0.39, 0.29) is 11.0 Å². The van der Waals surface area contributed by atoms with E-state index in [2.05, 4.69) is 45.6 Å². The number of carbonyl (C=O) groups excluding carboxylic acids is 1. The topological polar surface area (TPSA) is 54.0 Å². The molecule has 4 aromatic rings. The van der Waals surface area contributed by atoms with Crippen LogP contribution in [0.15, 0.2) is 71.2 Å². The largest absolute Gasteiger partial charge is 0.332 e. The summed E-state index contributed by atoms with van der Waals surface area (Å²) in [5, 5.41) is 6.96. The van der Waals surface area contributed by atoms with Crippen LogP contribution in [0.2, 0.25) is 0 Å². The van der Waals surface area contributed by atoms with E-state index < -0.39 is 0 Å². The number of hydrogen-bond donors (Lipinski definition) is 2. The molecule has 4 rings (SSSR count). The average molecular weight is 482 g/mol. The van der Waals surface area contributed by atoms with Crippen LogP contribution in [0.25, 0.3) is 20.8 Å². The number of aromatic nitrogens is 1. The number of nitrogens with zero attached hydrogens (tertiary/aromatic N) is 1. The van der Waals surface area contributed by atoms with Crippen molar-refractivity contribution in [3.05, 3.63) is 82.3 Å². The fourth-order valence-corrected chi connectivity index (χ4v) is 4.33. The Morgan fingerprint density at radius 1 is 1.03 bits per heavy atom. The minimum Gasteiger partial charge on any atom is -0.332 e. The molecule has 0 saturated heterocycles. The maximum absolute atomic E-state index is 12.2. The highest BCUT2D eigenvalue weighted by Crippen LogP contribution is 2.31. The zero-order valence-corrected chi connectivity index (χ0v) is 18.6. The van der Waals surface area contributed by atoms with Gasteiger partial charge in [-0.2, -0.15) is 0 Å². The normalized spacial score (nSPS) is 10.7. The number of rotatable bonds is 3. The van der Waals surface area contributed by atoms with Crippen molar-refractivity contribution in [1.29, 1.82) is 0 Å². The fourth-order valence-electron chi connectivity index (χ4n) is 2.79. The summed E-state index contributed by atoms with van der Waals surface area (Å²) in [5.41, 5.74) is 4.62. The number of amides is 1. The van der Waals surface area contributed by atoms with Gasteiger partial charge in [-0.05, 0) is 85.4 Å². The standard InChI is InChI=1S/C22H16BrN3OS2/c1-13-2-11-18-19(12-13)29-21(25-18)15-5-9-17(10-6-15)24-22(28)26-20(27)14-3-7-16(23)8-4-14/h2-12H,1H3,(H2,24,26,27,28). The van der Waals surface area contributed by atoms with Crippen LogP contribution >= 0.6 is 39.5 Å². The zero-order chi connectivity index (χ0) is 20.4. The Labute approximate surface area is 186 Å². The lowest BCUT2D eigenvalue weighted by molar-refractivity contribution is 0.0977. The van der Waals surface area contributed by atoms with E-state index in [1.807, 2.05) is 42.5 Å². The van der Waals surface area contributed by atoms with Crippen LogP contribution in [0.3, 0.4) is 0 Å². The summed E-state index contributed by atoms with van der Waals surface area (Å²) in [6, 6.07) is 21.2.